The Kier molecular flexibility index (Phi) is 8.73. The van der Waals surface area contributed by atoms with E-state index in [2.05, 4.69) is 182 Å². The third-order valence-corrected chi connectivity index (χ3v) is 14.0. The largest absolute Gasteiger partial charge is 0.457 e. The zero-order valence-electron chi connectivity index (χ0n) is 37.2. The number of ether oxygens (including phenoxy) is 1. The van der Waals surface area contributed by atoms with Gasteiger partial charge in [0.05, 0.1) is 5.41 Å². The first kappa shape index (κ1) is 39.0. The number of nitrogens with zero attached hydrogens (tertiary/aromatic N) is 3. The van der Waals surface area contributed by atoms with Crippen molar-refractivity contribution in [1.29, 1.82) is 0 Å². The summed E-state index contributed by atoms with van der Waals surface area (Å²) in [5, 5.41) is 2.13. The van der Waals surface area contributed by atoms with Gasteiger partial charge in [0.2, 0.25) is 0 Å². The normalized spacial score (nSPS) is 12.9. The molecule has 0 unspecified atom stereocenters. The monoisotopic (exact) mass is 881 g/mol. The highest BCUT2D eigenvalue weighted by Gasteiger charge is 2.51. The molecular formula is C64H39N3O2. The average molecular weight is 882 g/mol. The molecule has 0 atom stereocenters. The lowest BCUT2D eigenvalue weighted by Gasteiger charge is -2.39. The van der Waals surface area contributed by atoms with Crippen molar-refractivity contribution >= 4 is 21.9 Å². The summed E-state index contributed by atoms with van der Waals surface area (Å²) >= 11 is 0. The molecule has 1 aliphatic heterocycles. The molecule has 1 aliphatic carbocycles. The molecule has 0 saturated heterocycles. The molecule has 0 amide bonds. The molecule has 3 heterocycles. The Morgan fingerprint density at radius 1 is 0.275 bits per heavy atom. The van der Waals surface area contributed by atoms with E-state index in [-0.39, 0.29) is 0 Å². The van der Waals surface area contributed by atoms with E-state index in [0.717, 1.165) is 83.5 Å². The van der Waals surface area contributed by atoms with E-state index in [0.29, 0.717) is 17.5 Å². The summed E-state index contributed by atoms with van der Waals surface area (Å²) in [7, 11) is 0. The van der Waals surface area contributed by atoms with Crippen molar-refractivity contribution in [3.63, 3.8) is 0 Å². The van der Waals surface area contributed by atoms with Crippen LogP contribution in [0.4, 0.5) is 0 Å². The lowest BCUT2D eigenvalue weighted by molar-refractivity contribution is 0.436. The summed E-state index contributed by atoms with van der Waals surface area (Å²) in [4.78, 5) is 15.6. The molecule has 1 spiro atoms. The average Bonchev–Trinajstić information content (AvgIpc) is 3.94. The van der Waals surface area contributed by atoms with Crippen molar-refractivity contribution in [2.75, 3.05) is 0 Å². The van der Waals surface area contributed by atoms with Gasteiger partial charge in [-0.3, -0.25) is 0 Å². The standard InChI is InChI=1S/C64H39N3O2/c1-3-13-40(14-4-1)41-23-25-42(26-24-41)43-27-29-44(30-28-43)46-32-35-53-51(37-46)52-38-47(33-36-54(52)64(53)55-18-8-11-21-58(55)69-59-22-12-9-19-56(59)64)62-65-61(45-15-5-2-6-16-45)66-63(67-62)48-31-34-50-49-17-7-10-20-57(49)68-60(50)39-48/h1-39H. The first-order valence-electron chi connectivity index (χ1n) is 23.3. The summed E-state index contributed by atoms with van der Waals surface area (Å²) in [6.45, 7) is 0. The number of fused-ring (bicyclic) bond motifs is 12. The van der Waals surface area contributed by atoms with Crippen LogP contribution < -0.4 is 4.74 Å². The van der Waals surface area contributed by atoms with Crippen molar-refractivity contribution in [3.8, 4) is 90.2 Å². The Hall–Kier alpha value is -9.19. The van der Waals surface area contributed by atoms with Gasteiger partial charge < -0.3 is 9.15 Å². The molecule has 322 valence electrons. The highest BCUT2D eigenvalue weighted by Crippen LogP contribution is 2.62. The quantitative estimate of drug-likeness (QED) is 0.166. The first-order valence-corrected chi connectivity index (χ1v) is 23.3. The second kappa shape index (κ2) is 15.4. The zero-order chi connectivity index (χ0) is 45.5. The fourth-order valence-corrected chi connectivity index (χ4v) is 10.8. The number of rotatable bonds is 6. The Morgan fingerprint density at radius 2 is 0.681 bits per heavy atom. The third-order valence-electron chi connectivity index (χ3n) is 14.0. The van der Waals surface area contributed by atoms with Gasteiger partial charge in [0.15, 0.2) is 17.5 Å². The number of aromatic nitrogens is 3. The fourth-order valence-electron chi connectivity index (χ4n) is 10.8. The van der Waals surface area contributed by atoms with Crippen LogP contribution in [0.5, 0.6) is 11.5 Å². The minimum absolute atomic E-state index is 0.573. The van der Waals surface area contributed by atoms with Crippen molar-refractivity contribution in [3.05, 3.63) is 259 Å². The van der Waals surface area contributed by atoms with Gasteiger partial charge in [-0.2, -0.15) is 0 Å². The van der Waals surface area contributed by atoms with Crippen LogP contribution in [0.3, 0.4) is 0 Å². The molecule has 2 aliphatic rings. The topological polar surface area (TPSA) is 61.0 Å². The van der Waals surface area contributed by atoms with Crippen LogP contribution in [0.2, 0.25) is 0 Å². The van der Waals surface area contributed by atoms with Gasteiger partial charge in [-0.1, -0.05) is 194 Å². The molecule has 0 fully saturated rings. The van der Waals surface area contributed by atoms with Gasteiger partial charge in [0.1, 0.15) is 22.7 Å². The number of para-hydroxylation sites is 3. The first-order chi connectivity index (χ1) is 34.2. The Morgan fingerprint density at radius 3 is 1.29 bits per heavy atom. The van der Waals surface area contributed by atoms with E-state index < -0.39 is 5.41 Å². The van der Waals surface area contributed by atoms with E-state index in [1.807, 2.05) is 54.6 Å². The van der Waals surface area contributed by atoms with E-state index in [4.69, 9.17) is 24.1 Å². The van der Waals surface area contributed by atoms with Crippen molar-refractivity contribution in [1.82, 2.24) is 15.0 Å². The Bertz CT molecular complexity index is 3930. The molecule has 0 N–H and O–H groups in total. The molecule has 14 rings (SSSR count). The van der Waals surface area contributed by atoms with Gasteiger partial charge >= 0.3 is 0 Å². The molecule has 0 saturated carbocycles. The Labute approximate surface area is 398 Å². The predicted molar refractivity (Wildman–Crippen MR) is 277 cm³/mol. The van der Waals surface area contributed by atoms with Crippen LogP contribution in [0.1, 0.15) is 22.3 Å². The lowest BCUT2D eigenvalue weighted by Crippen LogP contribution is -2.32. The molecule has 2 aromatic heterocycles. The smallest absolute Gasteiger partial charge is 0.164 e. The second-order valence-corrected chi connectivity index (χ2v) is 17.9. The van der Waals surface area contributed by atoms with Crippen LogP contribution in [0.25, 0.3) is 101 Å². The number of hydrogen-bond donors (Lipinski definition) is 0. The minimum Gasteiger partial charge on any atom is -0.457 e. The maximum Gasteiger partial charge on any atom is 0.164 e. The SMILES string of the molecule is c1ccc(-c2ccc(-c3ccc(-c4ccc5c(c4)-c4cc(-c6nc(-c7ccccc7)nc(-c7ccc8c(c7)oc7ccccc78)n6)ccc4C54c5ccccc5Oc5ccccc54)cc3)cc2)cc1. The highest BCUT2D eigenvalue weighted by atomic mass is 16.5. The maximum atomic E-state index is 6.68. The summed E-state index contributed by atoms with van der Waals surface area (Å²) in [6, 6.07) is 83.5. The van der Waals surface area contributed by atoms with E-state index in [9.17, 15) is 0 Å². The van der Waals surface area contributed by atoms with E-state index in [1.54, 1.807) is 0 Å². The van der Waals surface area contributed by atoms with Crippen LogP contribution >= 0.6 is 0 Å². The maximum absolute atomic E-state index is 6.68. The van der Waals surface area contributed by atoms with Gasteiger partial charge in [-0.15, -0.1) is 0 Å². The molecule has 0 bridgehead atoms. The molecule has 5 nitrogen and oxygen atoms in total. The van der Waals surface area contributed by atoms with Gasteiger partial charge in [0.25, 0.3) is 0 Å². The summed E-state index contributed by atoms with van der Waals surface area (Å²) in [5.74, 6) is 3.47. The van der Waals surface area contributed by atoms with Crippen LogP contribution in [-0.2, 0) is 5.41 Å². The van der Waals surface area contributed by atoms with Gasteiger partial charge in [-0.25, -0.2) is 15.0 Å². The van der Waals surface area contributed by atoms with Crippen LogP contribution in [-0.4, -0.2) is 15.0 Å². The summed E-state index contributed by atoms with van der Waals surface area (Å²) in [6.07, 6.45) is 0. The molecular weight excluding hydrogens is 843 g/mol. The van der Waals surface area contributed by atoms with Crippen LogP contribution in [0, 0.1) is 0 Å². The fraction of sp³-hybridized carbons (Fsp3) is 0.0156. The van der Waals surface area contributed by atoms with Crippen LogP contribution in [0.15, 0.2) is 241 Å². The van der Waals surface area contributed by atoms with Gasteiger partial charge in [0, 0.05) is 38.6 Å². The molecule has 69 heavy (non-hydrogen) atoms. The summed E-state index contributed by atoms with van der Waals surface area (Å²) in [5.41, 5.74) is 17.6. The molecule has 12 aromatic rings. The number of hydrogen-bond acceptors (Lipinski definition) is 5. The van der Waals surface area contributed by atoms with Crippen molar-refractivity contribution in [2.45, 2.75) is 5.41 Å². The second-order valence-electron chi connectivity index (χ2n) is 17.9. The van der Waals surface area contributed by atoms with Crippen molar-refractivity contribution < 1.29 is 9.15 Å². The van der Waals surface area contributed by atoms with E-state index in [1.165, 1.54) is 33.4 Å². The number of furan rings is 1. The van der Waals surface area contributed by atoms with E-state index >= 15 is 0 Å². The highest BCUT2D eigenvalue weighted by molar-refractivity contribution is 6.05. The lowest BCUT2D eigenvalue weighted by atomic mass is 9.66. The minimum atomic E-state index is -0.635. The Balaban J connectivity index is 0.929. The molecule has 0 radical (unpaired) electrons. The van der Waals surface area contributed by atoms with Gasteiger partial charge in [-0.05, 0) is 98.1 Å². The summed E-state index contributed by atoms with van der Waals surface area (Å²) < 4.78 is 13.0. The zero-order valence-corrected chi connectivity index (χ0v) is 37.2. The molecule has 10 aromatic carbocycles. The third kappa shape index (κ3) is 6.21. The number of benzene rings is 10. The van der Waals surface area contributed by atoms with Crippen molar-refractivity contribution in [2.24, 2.45) is 0 Å². The predicted octanol–water partition coefficient (Wildman–Crippen LogP) is 16.2. The molecule has 5 heteroatoms.